The van der Waals surface area contributed by atoms with Gasteiger partial charge in [0.05, 0.1) is 29.6 Å². The van der Waals surface area contributed by atoms with E-state index in [1.54, 1.807) is 12.1 Å². The van der Waals surface area contributed by atoms with Crippen LogP contribution in [-0.2, 0) is 23.1 Å². The summed E-state index contributed by atoms with van der Waals surface area (Å²) in [4.78, 5) is 13.1. The number of nitrogens with zero attached hydrogens (tertiary/aromatic N) is 3. The first-order valence-corrected chi connectivity index (χ1v) is 12.3. The van der Waals surface area contributed by atoms with E-state index in [1.807, 2.05) is 38.1 Å². The quantitative estimate of drug-likeness (QED) is 0.470. The number of ether oxygens (including phenoxy) is 2. The van der Waals surface area contributed by atoms with Gasteiger partial charge < -0.3 is 14.6 Å². The SMILES string of the molecule is C/C=C/c1ccc(OCC(O)Cn2c(=O)n(CC)c3ccc(S(=O)(=O)N(C)C)cc32)c(OC)c1. The van der Waals surface area contributed by atoms with Gasteiger partial charge in [0.25, 0.3) is 0 Å². The number of allylic oxidation sites excluding steroid dienone is 1. The molecule has 0 fully saturated rings. The number of methoxy groups -OCH3 is 1. The highest BCUT2D eigenvalue weighted by atomic mass is 32.2. The van der Waals surface area contributed by atoms with Crippen LogP contribution in [0, 0.1) is 0 Å². The summed E-state index contributed by atoms with van der Waals surface area (Å²) in [7, 11) is 0.753. The minimum atomic E-state index is -3.68. The number of imidazole rings is 1. The Morgan fingerprint density at radius 1 is 1.09 bits per heavy atom. The third-order valence-electron chi connectivity index (χ3n) is 5.46. The Bertz CT molecular complexity index is 1360. The summed E-state index contributed by atoms with van der Waals surface area (Å²) >= 11 is 0. The number of aryl methyl sites for hydroxylation is 1. The molecule has 3 rings (SSSR count). The smallest absolute Gasteiger partial charge is 0.329 e. The van der Waals surface area contributed by atoms with Gasteiger partial charge in [-0.05, 0) is 49.7 Å². The molecule has 3 aromatic rings. The predicted molar refractivity (Wildman–Crippen MR) is 132 cm³/mol. The minimum absolute atomic E-state index is 0.0627. The maximum Gasteiger partial charge on any atom is 0.329 e. The van der Waals surface area contributed by atoms with Crippen molar-refractivity contribution in [2.24, 2.45) is 0 Å². The first kappa shape index (κ1) is 25.5. The number of aliphatic hydroxyl groups is 1. The van der Waals surface area contributed by atoms with Crippen LogP contribution in [0.25, 0.3) is 17.1 Å². The Hall–Kier alpha value is -3.08. The third-order valence-corrected chi connectivity index (χ3v) is 7.27. The Kier molecular flexibility index (Phi) is 7.86. The molecule has 0 spiro atoms. The molecule has 184 valence electrons. The second-order valence-electron chi connectivity index (χ2n) is 7.95. The standard InChI is InChI=1S/C24H31N3O6S/c1-6-8-17-9-12-22(23(13-17)32-5)33-16-18(28)15-27-21-14-19(34(30,31)25(3)4)10-11-20(21)26(7-2)24(27)29/h6,8-14,18,28H,7,15-16H2,1-5H3/b8-6+. The van der Waals surface area contributed by atoms with E-state index in [0.29, 0.717) is 29.1 Å². The first-order valence-electron chi connectivity index (χ1n) is 10.9. The maximum atomic E-state index is 13.0. The Balaban J connectivity index is 1.89. The van der Waals surface area contributed by atoms with Crippen molar-refractivity contribution in [3.8, 4) is 11.5 Å². The highest BCUT2D eigenvalue weighted by Crippen LogP contribution is 2.29. The topological polar surface area (TPSA) is 103 Å². The fourth-order valence-corrected chi connectivity index (χ4v) is 4.62. The van der Waals surface area contributed by atoms with Crippen LogP contribution in [0.15, 0.2) is 52.2 Å². The van der Waals surface area contributed by atoms with E-state index in [1.165, 1.54) is 42.5 Å². The Labute approximate surface area is 199 Å². The van der Waals surface area contributed by atoms with Crippen LogP contribution in [0.2, 0.25) is 0 Å². The van der Waals surface area contributed by atoms with Crippen LogP contribution in [0.5, 0.6) is 11.5 Å². The van der Waals surface area contributed by atoms with E-state index in [9.17, 15) is 18.3 Å². The molecule has 0 radical (unpaired) electrons. The fraction of sp³-hybridized carbons (Fsp3) is 0.375. The number of sulfonamides is 1. The largest absolute Gasteiger partial charge is 0.493 e. The highest BCUT2D eigenvalue weighted by Gasteiger charge is 2.22. The third kappa shape index (κ3) is 5.03. The van der Waals surface area contributed by atoms with Gasteiger partial charge in [0.2, 0.25) is 10.0 Å². The molecule has 0 aliphatic carbocycles. The van der Waals surface area contributed by atoms with Crippen molar-refractivity contribution in [3.63, 3.8) is 0 Å². The van der Waals surface area contributed by atoms with Gasteiger partial charge in [-0.3, -0.25) is 9.13 Å². The molecule has 9 nitrogen and oxygen atoms in total. The zero-order valence-corrected chi connectivity index (χ0v) is 20.9. The van der Waals surface area contributed by atoms with Crippen molar-refractivity contribution in [1.29, 1.82) is 0 Å². The lowest BCUT2D eigenvalue weighted by molar-refractivity contribution is 0.0910. The number of rotatable bonds is 10. The van der Waals surface area contributed by atoms with Gasteiger partial charge in [0, 0.05) is 20.6 Å². The van der Waals surface area contributed by atoms with Crippen LogP contribution in [0.4, 0.5) is 0 Å². The zero-order chi connectivity index (χ0) is 25.0. The van der Waals surface area contributed by atoms with E-state index in [-0.39, 0.29) is 23.7 Å². The summed E-state index contributed by atoms with van der Waals surface area (Å²) in [6, 6.07) is 10.0. The lowest BCUT2D eigenvalue weighted by atomic mass is 10.2. The Morgan fingerprint density at radius 2 is 1.82 bits per heavy atom. The maximum absolute atomic E-state index is 13.0. The molecule has 0 aliphatic heterocycles. The summed E-state index contributed by atoms with van der Waals surface area (Å²) < 4.78 is 40.4. The van der Waals surface area contributed by atoms with E-state index >= 15 is 0 Å². The number of hydrogen-bond donors (Lipinski definition) is 1. The van der Waals surface area contributed by atoms with Gasteiger partial charge in [0.1, 0.15) is 12.7 Å². The molecule has 1 N–H and O–H groups in total. The van der Waals surface area contributed by atoms with Gasteiger partial charge in [-0.25, -0.2) is 17.5 Å². The molecule has 0 saturated heterocycles. The molecular weight excluding hydrogens is 458 g/mol. The fourth-order valence-electron chi connectivity index (χ4n) is 3.70. The van der Waals surface area contributed by atoms with Crippen LogP contribution in [0.3, 0.4) is 0 Å². The summed E-state index contributed by atoms with van der Waals surface area (Å²) in [5, 5.41) is 10.7. The van der Waals surface area contributed by atoms with Crippen LogP contribution in [0.1, 0.15) is 19.4 Å². The summed E-state index contributed by atoms with van der Waals surface area (Å²) in [5.41, 5.74) is 1.65. The lowest BCUT2D eigenvalue weighted by Crippen LogP contribution is -2.31. The molecule has 1 unspecified atom stereocenters. The second kappa shape index (κ2) is 10.5. The predicted octanol–water partition coefficient (Wildman–Crippen LogP) is 2.55. The van der Waals surface area contributed by atoms with Gasteiger partial charge in [-0.2, -0.15) is 0 Å². The van der Waals surface area contributed by atoms with E-state index in [0.717, 1.165) is 9.87 Å². The number of aromatic nitrogens is 2. The number of hydrogen-bond acceptors (Lipinski definition) is 6. The molecular formula is C24H31N3O6S. The molecule has 34 heavy (non-hydrogen) atoms. The number of fused-ring (bicyclic) bond motifs is 1. The molecule has 0 amide bonds. The lowest BCUT2D eigenvalue weighted by Gasteiger charge is -2.16. The van der Waals surface area contributed by atoms with Crippen LogP contribution in [-0.4, -0.2) is 60.9 Å². The van der Waals surface area contributed by atoms with Gasteiger partial charge in [-0.15, -0.1) is 0 Å². The average molecular weight is 490 g/mol. The summed E-state index contributed by atoms with van der Waals surface area (Å²) in [6.07, 6.45) is 2.82. The van der Waals surface area contributed by atoms with Crippen molar-refractivity contribution in [2.75, 3.05) is 27.8 Å². The monoisotopic (exact) mass is 489 g/mol. The van der Waals surface area contributed by atoms with E-state index < -0.39 is 16.1 Å². The first-order chi connectivity index (χ1) is 16.1. The molecule has 0 aliphatic rings. The van der Waals surface area contributed by atoms with Crippen molar-refractivity contribution < 1.29 is 23.0 Å². The number of aliphatic hydroxyl groups excluding tert-OH is 1. The van der Waals surface area contributed by atoms with E-state index in [2.05, 4.69) is 0 Å². The zero-order valence-electron chi connectivity index (χ0n) is 20.1. The van der Waals surface area contributed by atoms with Crippen molar-refractivity contribution in [3.05, 3.63) is 58.5 Å². The average Bonchev–Trinajstić information content (AvgIpc) is 3.07. The van der Waals surface area contributed by atoms with Gasteiger partial charge >= 0.3 is 5.69 Å². The van der Waals surface area contributed by atoms with Crippen molar-refractivity contribution in [1.82, 2.24) is 13.4 Å². The normalized spacial score (nSPS) is 13.1. The van der Waals surface area contributed by atoms with Crippen LogP contribution >= 0.6 is 0 Å². The van der Waals surface area contributed by atoms with Crippen molar-refractivity contribution in [2.45, 2.75) is 37.9 Å². The molecule has 10 heteroatoms. The highest BCUT2D eigenvalue weighted by molar-refractivity contribution is 7.89. The van der Waals surface area contributed by atoms with Gasteiger partial charge in [0.15, 0.2) is 11.5 Å². The molecule has 2 aromatic carbocycles. The summed E-state index contributed by atoms with van der Waals surface area (Å²) in [6.45, 7) is 4.01. The Morgan fingerprint density at radius 3 is 2.44 bits per heavy atom. The molecule has 1 atom stereocenters. The number of benzene rings is 2. The summed E-state index contributed by atoms with van der Waals surface area (Å²) in [5.74, 6) is 0.999. The van der Waals surface area contributed by atoms with E-state index in [4.69, 9.17) is 9.47 Å². The van der Waals surface area contributed by atoms with Crippen molar-refractivity contribution >= 4 is 27.1 Å². The molecule has 1 heterocycles. The molecule has 0 bridgehead atoms. The van der Waals surface area contributed by atoms with Crippen LogP contribution < -0.4 is 15.2 Å². The molecule has 1 aromatic heterocycles. The van der Waals surface area contributed by atoms with Gasteiger partial charge in [-0.1, -0.05) is 18.2 Å². The molecule has 0 saturated carbocycles. The minimum Gasteiger partial charge on any atom is -0.493 e. The second-order valence-corrected chi connectivity index (χ2v) is 10.1.